The molecule has 0 aromatic heterocycles. The number of aliphatic hydroxyl groups excluding tert-OH is 1. The average Bonchev–Trinajstić information content (AvgIpc) is 2.71. The second-order valence-corrected chi connectivity index (χ2v) is 4.36. The summed E-state index contributed by atoms with van der Waals surface area (Å²) in [5, 5.41) is 12.8. The van der Waals surface area contributed by atoms with E-state index < -0.39 is 6.23 Å². The number of nitrogens with one attached hydrogen (secondary N) is 1. The summed E-state index contributed by atoms with van der Waals surface area (Å²) < 4.78 is 0. The van der Waals surface area contributed by atoms with E-state index in [9.17, 15) is 5.11 Å². The molecule has 1 rings (SSSR count). The zero-order chi connectivity index (χ0) is 11.8. The van der Waals surface area contributed by atoms with Crippen LogP contribution in [0.4, 0.5) is 0 Å². The molecule has 0 amide bonds. The van der Waals surface area contributed by atoms with Crippen LogP contribution in [0.1, 0.15) is 45.4 Å². The van der Waals surface area contributed by atoms with Crippen molar-refractivity contribution in [2.45, 2.75) is 57.8 Å². The van der Waals surface area contributed by atoms with Crippen molar-refractivity contribution in [1.29, 1.82) is 0 Å². The van der Waals surface area contributed by atoms with Crippen LogP contribution in [-0.4, -0.2) is 22.4 Å². The first-order valence-corrected chi connectivity index (χ1v) is 6.25. The molecule has 0 saturated carbocycles. The second kappa shape index (κ2) is 7.34. The monoisotopic (exact) mass is 224 g/mol. The third-order valence-electron chi connectivity index (χ3n) is 2.96. The molecule has 0 aromatic rings. The SMILES string of the molecule is C=CCCCCCCC1NC=CN1C(C)O. The lowest BCUT2D eigenvalue weighted by atomic mass is 10.1. The molecule has 1 aliphatic rings. The van der Waals surface area contributed by atoms with Crippen LogP contribution in [0.25, 0.3) is 0 Å². The predicted molar refractivity (Wildman–Crippen MR) is 67.5 cm³/mol. The van der Waals surface area contributed by atoms with Gasteiger partial charge >= 0.3 is 0 Å². The molecule has 0 saturated heterocycles. The van der Waals surface area contributed by atoms with E-state index in [4.69, 9.17) is 0 Å². The number of hydrogen-bond acceptors (Lipinski definition) is 3. The highest BCUT2D eigenvalue weighted by Crippen LogP contribution is 2.15. The number of unbranched alkanes of at least 4 members (excludes halogenated alkanes) is 4. The third-order valence-corrected chi connectivity index (χ3v) is 2.96. The minimum absolute atomic E-state index is 0.277. The zero-order valence-corrected chi connectivity index (χ0v) is 10.2. The lowest BCUT2D eigenvalue weighted by Gasteiger charge is -2.28. The molecular weight excluding hydrogens is 200 g/mol. The Morgan fingerprint density at radius 3 is 2.88 bits per heavy atom. The van der Waals surface area contributed by atoms with Crippen molar-refractivity contribution in [3.8, 4) is 0 Å². The molecule has 16 heavy (non-hydrogen) atoms. The average molecular weight is 224 g/mol. The van der Waals surface area contributed by atoms with Gasteiger partial charge in [-0.3, -0.25) is 0 Å². The van der Waals surface area contributed by atoms with Gasteiger partial charge in [-0.25, -0.2) is 0 Å². The molecule has 2 atom stereocenters. The summed E-state index contributed by atoms with van der Waals surface area (Å²) in [6.45, 7) is 5.52. The Labute approximate surface area is 98.8 Å². The Bertz CT molecular complexity index is 226. The maximum absolute atomic E-state index is 9.52. The Morgan fingerprint density at radius 2 is 2.19 bits per heavy atom. The minimum atomic E-state index is -0.406. The molecule has 0 radical (unpaired) electrons. The van der Waals surface area contributed by atoms with Gasteiger partial charge in [-0.2, -0.15) is 0 Å². The van der Waals surface area contributed by atoms with Crippen molar-refractivity contribution in [3.63, 3.8) is 0 Å². The molecule has 0 spiro atoms. The zero-order valence-electron chi connectivity index (χ0n) is 10.2. The van der Waals surface area contributed by atoms with Gasteiger partial charge in [0.2, 0.25) is 0 Å². The summed E-state index contributed by atoms with van der Waals surface area (Å²) in [5.41, 5.74) is 0. The Balaban J connectivity index is 2.06. The smallest absolute Gasteiger partial charge is 0.125 e. The fraction of sp³-hybridized carbons (Fsp3) is 0.692. The molecule has 1 heterocycles. The fourth-order valence-corrected chi connectivity index (χ4v) is 2.03. The highest BCUT2D eigenvalue weighted by atomic mass is 16.3. The summed E-state index contributed by atoms with van der Waals surface area (Å²) in [4.78, 5) is 1.96. The summed E-state index contributed by atoms with van der Waals surface area (Å²) in [6, 6.07) is 0. The maximum Gasteiger partial charge on any atom is 0.125 e. The van der Waals surface area contributed by atoms with Crippen molar-refractivity contribution >= 4 is 0 Å². The topological polar surface area (TPSA) is 35.5 Å². The van der Waals surface area contributed by atoms with Crippen LogP contribution in [0.3, 0.4) is 0 Å². The molecule has 2 N–H and O–H groups in total. The third kappa shape index (κ3) is 4.27. The van der Waals surface area contributed by atoms with Gasteiger partial charge in [0.25, 0.3) is 0 Å². The molecule has 1 aliphatic heterocycles. The summed E-state index contributed by atoms with van der Waals surface area (Å²) >= 11 is 0. The highest BCUT2D eigenvalue weighted by molar-refractivity contribution is 4.94. The number of aliphatic hydroxyl groups is 1. The van der Waals surface area contributed by atoms with Gasteiger partial charge in [0, 0.05) is 12.4 Å². The van der Waals surface area contributed by atoms with E-state index in [0.29, 0.717) is 0 Å². The van der Waals surface area contributed by atoms with Gasteiger partial charge < -0.3 is 15.3 Å². The van der Waals surface area contributed by atoms with Gasteiger partial charge in [-0.1, -0.05) is 18.9 Å². The summed E-state index contributed by atoms with van der Waals surface area (Å²) in [6.07, 6.45) is 12.9. The van der Waals surface area contributed by atoms with Gasteiger partial charge in [-0.05, 0) is 32.6 Å². The molecule has 0 fully saturated rings. The van der Waals surface area contributed by atoms with Gasteiger partial charge in [0.05, 0.1) is 0 Å². The molecule has 3 heteroatoms. The van der Waals surface area contributed by atoms with E-state index in [1.165, 1.54) is 25.7 Å². The van der Waals surface area contributed by atoms with Crippen molar-refractivity contribution in [2.24, 2.45) is 0 Å². The van der Waals surface area contributed by atoms with Crippen LogP contribution in [0.15, 0.2) is 25.1 Å². The normalized spacial score (nSPS) is 20.9. The van der Waals surface area contributed by atoms with E-state index in [1.54, 1.807) is 6.92 Å². The van der Waals surface area contributed by atoms with Gasteiger partial charge in [0.1, 0.15) is 12.4 Å². The van der Waals surface area contributed by atoms with Crippen LogP contribution in [0.2, 0.25) is 0 Å². The first-order valence-electron chi connectivity index (χ1n) is 6.25. The van der Waals surface area contributed by atoms with E-state index >= 15 is 0 Å². The number of nitrogens with zero attached hydrogens (tertiary/aromatic N) is 1. The Hall–Kier alpha value is -0.960. The first kappa shape index (κ1) is 13.1. The molecule has 0 aliphatic carbocycles. The van der Waals surface area contributed by atoms with E-state index in [0.717, 1.165) is 12.8 Å². The van der Waals surface area contributed by atoms with Crippen molar-refractivity contribution in [1.82, 2.24) is 10.2 Å². The van der Waals surface area contributed by atoms with E-state index in [2.05, 4.69) is 11.9 Å². The second-order valence-electron chi connectivity index (χ2n) is 4.36. The number of rotatable bonds is 8. The van der Waals surface area contributed by atoms with Crippen molar-refractivity contribution in [2.75, 3.05) is 0 Å². The molecule has 3 nitrogen and oxygen atoms in total. The lowest BCUT2D eigenvalue weighted by Crippen LogP contribution is -2.40. The van der Waals surface area contributed by atoms with Crippen molar-refractivity contribution < 1.29 is 5.11 Å². The van der Waals surface area contributed by atoms with Crippen LogP contribution in [0, 0.1) is 0 Å². The van der Waals surface area contributed by atoms with E-state index in [-0.39, 0.29) is 6.17 Å². The van der Waals surface area contributed by atoms with Crippen molar-refractivity contribution in [3.05, 3.63) is 25.1 Å². The van der Waals surface area contributed by atoms with Crippen LogP contribution < -0.4 is 5.32 Å². The minimum Gasteiger partial charge on any atom is -0.374 e. The quantitative estimate of drug-likeness (QED) is 0.491. The Morgan fingerprint density at radius 1 is 1.44 bits per heavy atom. The highest BCUT2D eigenvalue weighted by Gasteiger charge is 2.20. The first-order chi connectivity index (χ1) is 7.75. The molecule has 2 unspecified atom stereocenters. The fourth-order valence-electron chi connectivity index (χ4n) is 2.03. The molecular formula is C13H24N2O. The van der Waals surface area contributed by atoms with Crippen LogP contribution in [-0.2, 0) is 0 Å². The summed E-state index contributed by atoms with van der Waals surface area (Å²) in [7, 11) is 0. The molecule has 92 valence electrons. The molecule has 0 aromatic carbocycles. The Kier molecular flexibility index (Phi) is 6.01. The van der Waals surface area contributed by atoms with Gasteiger partial charge in [-0.15, -0.1) is 6.58 Å². The number of hydrogen-bond donors (Lipinski definition) is 2. The van der Waals surface area contributed by atoms with E-state index in [1.807, 2.05) is 23.4 Å². The summed E-state index contributed by atoms with van der Waals surface area (Å²) in [5.74, 6) is 0. The lowest BCUT2D eigenvalue weighted by molar-refractivity contribution is 0.0254. The number of allylic oxidation sites excluding steroid dienone is 1. The maximum atomic E-state index is 9.52. The largest absolute Gasteiger partial charge is 0.374 e. The standard InChI is InChI=1S/C13H24N2O/c1-3-4-5-6-7-8-9-13-14-10-11-15(13)12(2)16/h3,10-14,16H,1,4-9H2,2H3. The van der Waals surface area contributed by atoms with Crippen LogP contribution in [0.5, 0.6) is 0 Å². The molecule has 0 bridgehead atoms. The predicted octanol–water partition coefficient (Wildman–Crippen LogP) is 2.55. The van der Waals surface area contributed by atoms with Crippen LogP contribution >= 0.6 is 0 Å². The van der Waals surface area contributed by atoms with Gasteiger partial charge in [0.15, 0.2) is 0 Å².